The zero-order chi connectivity index (χ0) is 18.2. The highest BCUT2D eigenvalue weighted by molar-refractivity contribution is 5.90. The molecule has 0 radical (unpaired) electrons. The normalized spacial score (nSPS) is 10.5. The number of carbonyl (C=O) groups excluding carboxylic acids is 2. The molecule has 0 aliphatic heterocycles. The van der Waals surface area contributed by atoms with Crippen LogP contribution in [0.1, 0.15) is 31.4 Å². The molecule has 0 spiro atoms. The maximum absolute atomic E-state index is 12.0. The molecule has 5 heteroatoms. The number of nitrogens with one attached hydrogen (secondary N) is 2. The Balaban J connectivity index is 1.85. The summed E-state index contributed by atoms with van der Waals surface area (Å²) in [5, 5.41) is 5.77. The summed E-state index contributed by atoms with van der Waals surface area (Å²) >= 11 is 0. The third-order valence-corrected chi connectivity index (χ3v) is 3.64. The Morgan fingerprint density at radius 2 is 1.72 bits per heavy atom. The standard InChI is InChI=1S/C20H25N3O2/c1-14(2)10-20(25)23-18-5-3-4-16(11-18)13-22-19(24)12-15-6-8-17(21)9-7-15/h3-9,11,14H,10,12-13,21H2,1-2H3,(H,22,24)(H,23,25). The molecule has 0 aliphatic carbocycles. The van der Waals surface area contributed by atoms with Gasteiger partial charge in [0.25, 0.3) is 0 Å². The largest absolute Gasteiger partial charge is 0.399 e. The lowest BCUT2D eigenvalue weighted by atomic mass is 10.1. The summed E-state index contributed by atoms with van der Waals surface area (Å²) in [5.74, 6) is 0.259. The smallest absolute Gasteiger partial charge is 0.224 e. The quantitative estimate of drug-likeness (QED) is 0.678. The van der Waals surface area contributed by atoms with E-state index < -0.39 is 0 Å². The second-order valence-corrected chi connectivity index (χ2v) is 6.54. The summed E-state index contributed by atoms with van der Waals surface area (Å²) in [4.78, 5) is 23.9. The van der Waals surface area contributed by atoms with E-state index in [0.717, 1.165) is 16.8 Å². The van der Waals surface area contributed by atoms with Crippen LogP contribution >= 0.6 is 0 Å². The summed E-state index contributed by atoms with van der Waals surface area (Å²) in [6.07, 6.45) is 0.799. The molecule has 0 unspecified atom stereocenters. The van der Waals surface area contributed by atoms with Crippen LogP contribution in [0.25, 0.3) is 0 Å². The molecule has 2 aromatic rings. The van der Waals surface area contributed by atoms with Crippen molar-refractivity contribution in [1.29, 1.82) is 0 Å². The van der Waals surface area contributed by atoms with Crippen LogP contribution in [-0.2, 0) is 22.6 Å². The highest BCUT2D eigenvalue weighted by Gasteiger charge is 2.07. The molecule has 0 saturated heterocycles. The van der Waals surface area contributed by atoms with E-state index in [1.807, 2.05) is 50.2 Å². The average molecular weight is 339 g/mol. The number of benzene rings is 2. The second kappa shape index (κ2) is 8.87. The molecule has 2 aromatic carbocycles. The Morgan fingerprint density at radius 1 is 1.00 bits per heavy atom. The van der Waals surface area contributed by atoms with Crippen LogP contribution in [-0.4, -0.2) is 11.8 Å². The summed E-state index contributed by atoms with van der Waals surface area (Å²) in [6, 6.07) is 14.8. The summed E-state index contributed by atoms with van der Waals surface area (Å²) in [6.45, 7) is 4.43. The first-order chi connectivity index (χ1) is 11.9. The van der Waals surface area contributed by atoms with E-state index in [-0.39, 0.29) is 11.8 Å². The molecular weight excluding hydrogens is 314 g/mol. The summed E-state index contributed by atoms with van der Waals surface area (Å²) in [7, 11) is 0. The zero-order valence-corrected chi connectivity index (χ0v) is 14.7. The predicted octanol–water partition coefficient (Wildman–Crippen LogP) is 3.11. The SMILES string of the molecule is CC(C)CC(=O)Nc1cccc(CNC(=O)Cc2ccc(N)cc2)c1. The van der Waals surface area contributed by atoms with Crippen LogP contribution in [0, 0.1) is 5.92 Å². The maximum atomic E-state index is 12.0. The van der Waals surface area contributed by atoms with Crippen molar-refractivity contribution in [3.05, 3.63) is 59.7 Å². The van der Waals surface area contributed by atoms with Gasteiger partial charge < -0.3 is 16.4 Å². The highest BCUT2D eigenvalue weighted by atomic mass is 16.2. The lowest BCUT2D eigenvalue weighted by Crippen LogP contribution is -2.24. The van der Waals surface area contributed by atoms with Gasteiger partial charge in [-0.3, -0.25) is 9.59 Å². The molecule has 132 valence electrons. The van der Waals surface area contributed by atoms with Gasteiger partial charge in [-0.2, -0.15) is 0 Å². The third-order valence-electron chi connectivity index (χ3n) is 3.64. The molecular formula is C20H25N3O2. The molecule has 0 heterocycles. The zero-order valence-electron chi connectivity index (χ0n) is 14.7. The molecule has 2 rings (SSSR count). The van der Waals surface area contributed by atoms with Crippen LogP contribution < -0.4 is 16.4 Å². The highest BCUT2D eigenvalue weighted by Crippen LogP contribution is 2.12. The monoisotopic (exact) mass is 339 g/mol. The van der Waals surface area contributed by atoms with Crippen molar-refractivity contribution in [3.63, 3.8) is 0 Å². The fourth-order valence-electron chi connectivity index (χ4n) is 2.43. The minimum absolute atomic E-state index is 0.000429. The van der Waals surface area contributed by atoms with Gasteiger partial charge in [0, 0.05) is 24.3 Å². The maximum Gasteiger partial charge on any atom is 0.224 e. The van der Waals surface area contributed by atoms with Gasteiger partial charge >= 0.3 is 0 Å². The van der Waals surface area contributed by atoms with Gasteiger partial charge in [0.05, 0.1) is 6.42 Å². The number of anilines is 2. The number of carbonyl (C=O) groups is 2. The third kappa shape index (κ3) is 6.67. The van der Waals surface area contributed by atoms with E-state index in [2.05, 4.69) is 10.6 Å². The Bertz CT molecular complexity index is 724. The first-order valence-electron chi connectivity index (χ1n) is 8.42. The number of nitrogen functional groups attached to an aromatic ring is 1. The Labute approximate surface area is 148 Å². The van der Waals surface area contributed by atoms with E-state index in [0.29, 0.717) is 31.0 Å². The lowest BCUT2D eigenvalue weighted by Gasteiger charge is -2.10. The van der Waals surface area contributed by atoms with E-state index in [1.54, 1.807) is 12.1 Å². The van der Waals surface area contributed by atoms with E-state index in [1.165, 1.54) is 0 Å². The molecule has 5 nitrogen and oxygen atoms in total. The number of amides is 2. The summed E-state index contributed by atoms with van der Waals surface area (Å²) < 4.78 is 0. The molecule has 0 bridgehead atoms. The average Bonchev–Trinajstić information content (AvgIpc) is 2.55. The molecule has 0 fully saturated rings. The molecule has 0 saturated carbocycles. The van der Waals surface area contributed by atoms with E-state index >= 15 is 0 Å². The van der Waals surface area contributed by atoms with Gasteiger partial charge in [-0.1, -0.05) is 38.1 Å². The molecule has 4 N–H and O–H groups in total. The number of rotatable bonds is 7. The van der Waals surface area contributed by atoms with E-state index in [9.17, 15) is 9.59 Å². The fourth-order valence-corrected chi connectivity index (χ4v) is 2.43. The van der Waals surface area contributed by atoms with Crippen LogP contribution in [0.4, 0.5) is 11.4 Å². The first-order valence-corrected chi connectivity index (χ1v) is 8.42. The Morgan fingerprint density at radius 3 is 2.40 bits per heavy atom. The van der Waals surface area contributed by atoms with Gasteiger partial charge in [0.1, 0.15) is 0 Å². The van der Waals surface area contributed by atoms with Gasteiger partial charge in [0.15, 0.2) is 0 Å². The Kier molecular flexibility index (Phi) is 6.57. The fraction of sp³-hybridized carbons (Fsp3) is 0.300. The van der Waals surface area contributed by atoms with Crippen molar-refractivity contribution < 1.29 is 9.59 Å². The predicted molar refractivity (Wildman–Crippen MR) is 101 cm³/mol. The second-order valence-electron chi connectivity index (χ2n) is 6.54. The lowest BCUT2D eigenvalue weighted by molar-refractivity contribution is -0.120. The summed E-state index contributed by atoms with van der Waals surface area (Å²) in [5.41, 5.74) is 8.92. The van der Waals surface area contributed by atoms with Crippen molar-refractivity contribution in [2.45, 2.75) is 33.2 Å². The van der Waals surface area contributed by atoms with Crippen LogP contribution in [0.15, 0.2) is 48.5 Å². The van der Waals surface area contributed by atoms with Crippen molar-refractivity contribution in [1.82, 2.24) is 5.32 Å². The molecule has 0 atom stereocenters. The van der Waals surface area contributed by atoms with Crippen LogP contribution in [0.5, 0.6) is 0 Å². The number of nitrogens with two attached hydrogens (primary N) is 1. The Hall–Kier alpha value is -2.82. The van der Waals surface area contributed by atoms with Crippen molar-refractivity contribution >= 4 is 23.2 Å². The molecule has 0 aliphatic rings. The first kappa shape index (κ1) is 18.5. The van der Waals surface area contributed by atoms with E-state index in [4.69, 9.17) is 5.73 Å². The van der Waals surface area contributed by atoms with Crippen molar-refractivity contribution in [2.24, 2.45) is 5.92 Å². The molecule has 0 aromatic heterocycles. The minimum atomic E-state index is -0.0565. The van der Waals surface area contributed by atoms with Crippen molar-refractivity contribution in [2.75, 3.05) is 11.1 Å². The van der Waals surface area contributed by atoms with Crippen LogP contribution in [0.2, 0.25) is 0 Å². The van der Waals surface area contributed by atoms with Crippen LogP contribution in [0.3, 0.4) is 0 Å². The molecule has 25 heavy (non-hydrogen) atoms. The van der Waals surface area contributed by atoms with Gasteiger partial charge in [0.2, 0.25) is 11.8 Å². The number of hydrogen-bond acceptors (Lipinski definition) is 3. The molecule has 2 amide bonds. The minimum Gasteiger partial charge on any atom is -0.399 e. The van der Waals surface area contributed by atoms with Crippen molar-refractivity contribution in [3.8, 4) is 0 Å². The van der Waals surface area contributed by atoms with Gasteiger partial charge in [-0.15, -0.1) is 0 Å². The van der Waals surface area contributed by atoms with Gasteiger partial charge in [-0.25, -0.2) is 0 Å². The number of hydrogen-bond donors (Lipinski definition) is 3. The van der Waals surface area contributed by atoms with Gasteiger partial charge in [-0.05, 0) is 41.3 Å². The topological polar surface area (TPSA) is 84.2 Å².